The van der Waals surface area contributed by atoms with Crippen molar-refractivity contribution in [1.82, 2.24) is 4.31 Å². The summed E-state index contributed by atoms with van der Waals surface area (Å²) in [6, 6.07) is 4.67. The number of halogens is 1. The predicted octanol–water partition coefficient (Wildman–Crippen LogP) is 1.74. The van der Waals surface area contributed by atoms with Crippen molar-refractivity contribution in [2.45, 2.75) is 18.2 Å². The fourth-order valence-electron chi connectivity index (χ4n) is 2.14. The Balaban J connectivity index is 2.33. The second kappa shape index (κ2) is 5.11. The number of carboxylic acids is 1. The summed E-state index contributed by atoms with van der Waals surface area (Å²) in [5, 5.41) is 9.27. The zero-order chi connectivity index (χ0) is 14.2. The molecule has 7 heteroatoms. The topological polar surface area (TPSA) is 74.7 Å². The number of carboxylic acid groups (broad SMARTS) is 1. The molecular weight excluding hydrogens is 290 g/mol. The third kappa shape index (κ3) is 2.75. The van der Waals surface area contributed by atoms with Crippen LogP contribution in [0, 0.1) is 12.8 Å². The first kappa shape index (κ1) is 14.3. The minimum atomic E-state index is -3.67. The van der Waals surface area contributed by atoms with Crippen molar-refractivity contribution in [2.75, 3.05) is 13.1 Å². The van der Waals surface area contributed by atoms with E-state index in [2.05, 4.69) is 0 Å². The molecule has 1 fully saturated rings. The van der Waals surface area contributed by atoms with Crippen molar-refractivity contribution in [3.8, 4) is 0 Å². The quantitative estimate of drug-likeness (QED) is 0.923. The maximum Gasteiger partial charge on any atom is 0.307 e. The monoisotopic (exact) mass is 303 g/mol. The molecule has 0 radical (unpaired) electrons. The summed E-state index contributed by atoms with van der Waals surface area (Å²) in [5.74, 6) is -1.59. The molecule has 1 aromatic carbocycles. The van der Waals surface area contributed by atoms with E-state index in [-0.39, 0.29) is 18.0 Å². The van der Waals surface area contributed by atoms with Gasteiger partial charge < -0.3 is 5.11 Å². The smallest absolute Gasteiger partial charge is 0.307 e. The standard InChI is InChI=1S/C12H14ClNO4S/c1-8-2-3-10(13)6-11(8)19(17,18)14-5-4-9(7-14)12(15)16/h2-3,6,9H,4-5,7H2,1H3,(H,15,16). The Labute approximate surface area is 116 Å². The van der Waals surface area contributed by atoms with Gasteiger partial charge in [-0.1, -0.05) is 17.7 Å². The molecule has 104 valence electrons. The molecule has 1 atom stereocenters. The van der Waals surface area contributed by atoms with Crippen LogP contribution in [-0.4, -0.2) is 36.9 Å². The first-order valence-corrected chi connectivity index (χ1v) is 7.63. The minimum absolute atomic E-state index is 0.0175. The lowest BCUT2D eigenvalue weighted by Crippen LogP contribution is -2.30. The summed E-state index contributed by atoms with van der Waals surface area (Å²) in [7, 11) is -3.67. The zero-order valence-corrected chi connectivity index (χ0v) is 11.9. The van der Waals surface area contributed by atoms with Crippen molar-refractivity contribution in [2.24, 2.45) is 5.92 Å². The van der Waals surface area contributed by atoms with Gasteiger partial charge in [-0.05, 0) is 31.0 Å². The number of benzene rings is 1. The lowest BCUT2D eigenvalue weighted by Gasteiger charge is -2.17. The van der Waals surface area contributed by atoms with Crippen LogP contribution in [0.25, 0.3) is 0 Å². The lowest BCUT2D eigenvalue weighted by atomic mass is 10.1. The third-order valence-electron chi connectivity index (χ3n) is 3.27. The third-order valence-corrected chi connectivity index (χ3v) is 5.51. The number of carbonyl (C=O) groups is 1. The first-order chi connectivity index (χ1) is 8.82. The van der Waals surface area contributed by atoms with Gasteiger partial charge in [0, 0.05) is 18.1 Å². The molecule has 0 spiro atoms. The maximum absolute atomic E-state index is 12.5. The highest BCUT2D eigenvalue weighted by atomic mass is 35.5. The van der Waals surface area contributed by atoms with E-state index < -0.39 is 21.9 Å². The molecule has 5 nitrogen and oxygen atoms in total. The highest BCUT2D eigenvalue weighted by Crippen LogP contribution is 2.28. The highest BCUT2D eigenvalue weighted by Gasteiger charge is 2.36. The molecule has 0 saturated carbocycles. The fraction of sp³-hybridized carbons (Fsp3) is 0.417. The lowest BCUT2D eigenvalue weighted by molar-refractivity contribution is -0.141. The molecule has 1 aromatic rings. The van der Waals surface area contributed by atoms with Gasteiger partial charge in [-0.25, -0.2) is 8.42 Å². The van der Waals surface area contributed by atoms with Gasteiger partial charge in [0.05, 0.1) is 10.8 Å². The predicted molar refractivity (Wildman–Crippen MR) is 70.7 cm³/mol. The number of rotatable bonds is 3. The van der Waals surface area contributed by atoms with Crippen molar-refractivity contribution < 1.29 is 18.3 Å². The van der Waals surface area contributed by atoms with Crippen LogP contribution < -0.4 is 0 Å². The van der Waals surface area contributed by atoms with Crippen molar-refractivity contribution in [3.63, 3.8) is 0 Å². The average molecular weight is 304 g/mol. The van der Waals surface area contributed by atoms with Gasteiger partial charge in [0.15, 0.2) is 0 Å². The van der Waals surface area contributed by atoms with Crippen LogP contribution in [0.4, 0.5) is 0 Å². The molecule has 1 saturated heterocycles. The Morgan fingerprint density at radius 2 is 2.16 bits per heavy atom. The van der Waals surface area contributed by atoms with E-state index in [1.54, 1.807) is 19.1 Å². The van der Waals surface area contributed by atoms with Gasteiger partial charge in [-0.15, -0.1) is 0 Å². The fourth-order valence-corrected chi connectivity index (χ4v) is 4.13. The second-order valence-electron chi connectivity index (χ2n) is 4.60. The second-order valence-corrected chi connectivity index (χ2v) is 6.94. The summed E-state index contributed by atoms with van der Waals surface area (Å²) >= 11 is 5.83. The number of hydrogen-bond acceptors (Lipinski definition) is 3. The van der Waals surface area contributed by atoms with Gasteiger partial charge in [0.2, 0.25) is 10.0 Å². The Hall–Kier alpha value is -1.11. The largest absolute Gasteiger partial charge is 0.481 e. The Bertz CT molecular complexity index is 614. The number of aliphatic carboxylic acids is 1. The summed E-state index contributed by atoms with van der Waals surface area (Å²) in [6.45, 7) is 1.93. The molecule has 1 aliphatic rings. The SMILES string of the molecule is Cc1ccc(Cl)cc1S(=O)(=O)N1CCC(C(=O)O)C1. The van der Waals surface area contributed by atoms with Gasteiger partial charge >= 0.3 is 5.97 Å². The molecule has 1 heterocycles. The van der Waals surface area contributed by atoms with Crippen molar-refractivity contribution >= 4 is 27.6 Å². The molecule has 2 rings (SSSR count). The van der Waals surface area contributed by atoms with E-state index in [9.17, 15) is 13.2 Å². The van der Waals surface area contributed by atoms with E-state index in [0.29, 0.717) is 17.0 Å². The molecule has 1 N–H and O–H groups in total. The van der Waals surface area contributed by atoms with Crippen LogP contribution in [0.2, 0.25) is 5.02 Å². The van der Waals surface area contributed by atoms with E-state index >= 15 is 0 Å². The normalized spacial score (nSPS) is 20.6. The van der Waals surface area contributed by atoms with E-state index in [1.807, 2.05) is 0 Å². The van der Waals surface area contributed by atoms with Gasteiger partial charge in [-0.2, -0.15) is 4.31 Å². The molecule has 0 bridgehead atoms. The summed E-state index contributed by atoms with van der Waals surface area (Å²) in [6.07, 6.45) is 0.341. The van der Waals surface area contributed by atoms with Crippen LogP contribution in [0.15, 0.2) is 23.1 Å². The zero-order valence-electron chi connectivity index (χ0n) is 10.3. The summed E-state index contributed by atoms with van der Waals surface area (Å²) in [4.78, 5) is 11.0. The molecule has 19 heavy (non-hydrogen) atoms. The molecule has 0 aliphatic carbocycles. The number of hydrogen-bond donors (Lipinski definition) is 1. The van der Waals surface area contributed by atoms with Gasteiger partial charge in [0.25, 0.3) is 0 Å². The van der Waals surface area contributed by atoms with E-state index in [0.717, 1.165) is 0 Å². The number of sulfonamides is 1. The average Bonchev–Trinajstić information content (AvgIpc) is 2.82. The molecule has 1 aliphatic heterocycles. The highest BCUT2D eigenvalue weighted by molar-refractivity contribution is 7.89. The van der Waals surface area contributed by atoms with E-state index in [4.69, 9.17) is 16.7 Å². The van der Waals surface area contributed by atoms with Gasteiger partial charge in [0.1, 0.15) is 0 Å². The first-order valence-electron chi connectivity index (χ1n) is 5.81. The molecular formula is C12H14ClNO4S. The maximum atomic E-state index is 12.5. The van der Waals surface area contributed by atoms with Crippen molar-refractivity contribution in [3.05, 3.63) is 28.8 Å². The number of nitrogens with zero attached hydrogens (tertiary/aromatic N) is 1. The van der Waals surface area contributed by atoms with Crippen LogP contribution in [-0.2, 0) is 14.8 Å². The molecule has 0 aromatic heterocycles. The molecule has 0 amide bonds. The van der Waals surface area contributed by atoms with E-state index in [1.165, 1.54) is 10.4 Å². The summed E-state index contributed by atoms with van der Waals surface area (Å²) in [5.41, 5.74) is 0.600. The van der Waals surface area contributed by atoms with Gasteiger partial charge in [-0.3, -0.25) is 4.79 Å². The Kier molecular flexibility index (Phi) is 3.85. The Morgan fingerprint density at radius 1 is 1.47 bits per heavy atom. The molecule has 1 unspecified atom stereocenters. The Morgan fingerprint density at radius 3 is 2.74 bits per heavy atom. The minimum Gasteiger partial charge on any atom is -0.481 e. The summed E-state index contributed by atoms with van der Waals surface area (Å²) < 4.78 is 26.1. The number of aryl methyl sites for hydroxylation is 1. The van der Waals surface area contributed by atoms with Crippen LogP contribution in [0.5, 0.6) is 0 Å². The van der Waals surface area contributed by atoms with Crippen LogP contribution in [0.1, 0.15) is 12.0 Å². The van der Waals surface area contributed by atoms with Crippen LogP contribution >= 0.6 is 11.6 Å². The van der Waals surface area contributed by atoms with Crippen molar-refractivity contribution in [1.29, 1.82) is 0 Å². The van der Waals surface area contributed by atoms with Crippen LogP contribution in [0.3, 0.4) is 0 Å².